The molecule has 0 radical (unpaired) electrons. The van der Waals surface area contributed by atoms with Gasteiger partial charge in [-0.05, 0) is 86.4 Å². The van der Waals surface area contributed by atoms with E-state index in [0.29, 0.717) is 40.0 Å². The van der Waals surface area contributed by atoms with Crippen molar-refractivity contribution in [2.75, 3.05) is 18.1 Å². The molecule has 0 atom stereocenters. The number of aromatic nitrogens is 1. The van der Waals surface area contributed by atoms with Gasteiger partial charge in [-0.25, -0.2) is 9.24 Å². The van der Waals surface area contributed by atoms with E-state index in [-0.39, 0.29) is 18.3 Å². The molecule has 4 rings (SSSR count). The molecule has 36 heavy (non-hydrogen) atoms. The highest BCUT2D eigenvalue weighted by Gasteiger charge is 2.49. The molecule has 184 valence electrons. The fraction of sp³-hybridized carbons (Fsp3) is 0.259. The lowest BCUT2D eigenvalue weighted by Gasteiger charge is -2.29. The van der Waals surface area contributed by atoms with E-state index in [1.165, 1.54) is 11.0 Å². The maximum Gasteiger partial charge on any atom is 0.258 e. The van der Waals surface area contributed by atoms with Crippen molar-refractivity contribution >= 4 is 46.2 Å². The van der Waals surface area contributed by atoms with Gasteiger partial charge in [-0.3, -0.25) is 14.7 Å². The Kier molecular flexibility index (Phi) is 7.25. The lowest BCUT2D eigenvalue weighted by atomic mass is 10.0. The Morgan fingerprint density at radius 3 is 2.56 bits per heavy atom. The van der Waals surface area contributed by atoms with Crippen molar-refractivity contribution in [2.45, 2.75) is 32.7 Å². The first-order chi connectivity index (χ1) is 17.2. The second kappa shape index (κ2) is 10.2. The molecule has 1 aromatic heterocycles. The van der Waals surface area contributed by atoms with Crippen LogP contribution < -0.4 is 9.64 Å². The summed E-state index contributed by atoms with van der Waals surface area (Å²) in [6, 6.07) is 11.8. The highest BCUT2D eigenvalue weighted by Crippen LogP contribution is 2.39. The van der Waals surface area contributed by atoms with E-state index in [9.17, 15) is 9.18 Å². The van der Waals surface area contributed by atoms with Crippen LogP contribution in [0.4, 0.5) is 15.8 Å². The predicted octanol–water partition coefficient (Wildman–Crippen LogP) is 6.58. The zero-order valence-corrected chi connectivity index (χ0v) is 21.7. The van der Waals surface area contributed by atoms with Crippen molar-refractivity contribution in [3.05, 3.63) is 82.7 Å². The van der Waals surface area contributed by atoms with Crippen LogP contribution in [0.25, 0.3) is 16.0 Å². The lowest BCUT2D eigenvalue weighted by molar-refractivity contribution is -0.123. The molecule has 0 aliphatic carbocycles. The molecule has 2 aromatic carbocycles. The molecule has 6 nitrogen and oxygen atoms in total. The third kappa shape index (κ3) is 4.64. The lowest BCUT2D eigenvalue weighted by Crippen LogP contribution is -2.44. The van der Waals surface area contributed by atoms with Crippen molar-refractivity contribution < 1.29 is 13.9 Å². The van der Waals surface area contributed by atoms with Crippen molar-refractivity contribution in [2.24, 2.45) is 0 Å². The Bertz CT molecular complexity index is 1370. The fourth-order valence-electron chi connectivity index (χ4n) is 4.16. The third-order valence-corrected chi connectivity index (χ3v) is 7.13. The summed E-state index contributed by atoms with van der Waals surface area (Å²) >= 11 is 12.0. The van der Waals surface area contributed by atoms with Crippen molar-refractivity contribution in [3.8, 4) is 16.9 Å². The molecule has 1 aliphatic heterocycles. The molecule has 1 saturated heterocycles. The van der Waals surface area contributed by atoms with Gasteiger partial charge in [0.2, 0.25) is 5.69 Å². The van der Waals surface area contributed by atoms with Gasteiger partial charge in [0, 0.05) is 18.9 Å². The summed E-state index contributed by atoms with van der Waals surface area (Å²) in [7, 11) is 0. The average Bonchev–Trinajstić information content (AvgIpc) is 3.03. The summed E-state index contributed by atoms with van der Waals surface area (Å²) in [5.74, 6) is -0.460. The maximum atomic E-state index is 14.6. The normalized spacial score (nSPS) is 14.8. The van der Waals surface area contributed by atoms with Gasteiger partial charge >= 0.3 is 0 Å². The summed E-state index contributed by atoms with van der Waals surface area (Å²) in [6.45, 7) is 13.3. The minimum atomic E-state index is -0.883. The third-order valence-electron chi connectivity index (χ3n) is 6.25. The highest BCUT2D eigenvalue weighted by atomic mass is 35.5. The van der Waals surface area contributed by atoms with E-state index in [0.717, 1.165) is 11.1 Å². The molecule has 2 heterocycles. The van der Waals surface area contributed by atoms with Crippen LogP contribution in [-0.4, -0.2) is 39.6 Å². The van der Waals surface area contributed by atoms with Gasteiger partial charge in [0.05, 0.1) is 23.9 Å². The van der Waals surface area contributed by atoms with Crippen molar-refractivity contribution in [1.82, 2.24) is 9.88 Å². The number of amides is 1. The van der Waals surface area contributed by atoms with Crippen LogP contribution >= 0.6 is 23.8 Å². The molecular weight excluding hydrogens is 499 g/mol. The summed E-state index contributed by atoms with van der Waals surface area (Å²) in [4.78, 5) is 24.0. The second-order valence-electron chi connectivity index (χ2n) is 8.87. The van der Waals surface area contributed by atoms with Gasteiger partial charge in [0.1, 0.15) is 5.54 Å². The summed E-state index contributed by atoms with van der Waals surface area (Å²) in [5, 5.41) is 0.660. The number of thiocarbonyl (C=S) groups is 1. The first-order valence-electron chi connectivity index (χ1n) is 11.3. The van der Waals surface area contributed by atoms with Gasteiger partial charge in [0.25, 0.3) is 5.91 Å². The molecule has 3 aromatic rings. The van der Waals surface area contributed by atoms with E-state index in [1.54, 1.807) is 43.6 Å². The Labute approximate surface area is 220 Å². The molecule has 0 saturated carbocycles. The van der Waals surface area contributed by atoms with Crippen molar-refractivity contribution in [1.29, 1.82) is 0 Å². The van der Waals surface area contributed by atoms with Crippen LogP contribution in [-0.2, 0) is 4.79 Å². The van der Waals surface area contributed by atoms with Gasteiger partial charge in [0.15, 0.2) is 16.7 Å². The van der Waals surface area contributed by atoms with Crippen LogP contribution in [0.2, 0.25) is 5.02 Å². The predicted molar refractivity (Wildman–Crippen MR) is 143 cm³/mol. The first-order valence-corrected chi connectivity index (χ1v) is 12.1. The van der Waals surface area contributed by atoms with Crippen molar-refractivity contribution in [3.63, 3.8) is 0 Å². The Hall–Kier alpha value is -3.54. The van der Waals surface area contributed by atoms with E-state index in [1.807, 2.05) is 30.9 Å². The Balaban J connectivity index is 1.42. The van der Waals surface area contributed by atoms with Gasteiger partial charge < -0.3 is 9.64 Å². The monoisotopic (exact) mass is 522 g/mol. The number of nitrogens with zero attached hydrogens (tertiary/aromatic N) is 4. The van der Waals surface area contributed by atoms with Crippen LogP contribution in [0.15, 0.2) is 54.9 Å². The molecule has 1 aliphatic rings. The number of rotatable bonds is 7. The number of carbonyl (C=O) groups is 1. The van der Waals surface area contributed by atoms with Crippen LogP contribution in [0.3, 0.4) is 0 Å². The summed E-state index contributed by atoms with van der Waals surface area (Å²) in [5.41, 5.74) is 2.23. The molecule has 0 N–H and O–H groups in total. The van der Waals surface area contributed by atoms with Gasteiger partial charge in [-0.1, -0.05) is 23.7 Å². The number of ether oxygens (including phenoxy) is 1. The standard InChI is InChI=1S/C27H24ClFN4O2S/c1-17-22(8-7-21(30-4)24(17)28)33-25(34)27(2,3)32(26(33)36)14-5-15-35-23-9-6-19(16-20(23)29)18-10-12-31-13-11-18/h6-13,16H,5,14-15H2,1-3H3. The minimum Gasteiger partial charge on any atom is -0.490 e. The zero-order chi connectivity index (χ0) is 26.0. The number of benzene rings is 2. The second-order valence-corrected chi connectivity index (χ2v) is 9.61. The quantitative estimate of drug-likeness (QED) is 0.199. The molecular formula is C27H24ClFN4O2S. The molecule has 1 fully saturated rings. The smallest absolute Gasteiger partial charge is 0.258 e. The van der Waals surface area contributed by atoms with Gasteiger partial charge in [-0.15, -0.1) is 0 Å². The summed E-state index contributed by atoms with van der Waals surface area (Å²) < 4.78 is 20.3. The number of anilines is 1. The van der Waals surface area contributed by atoms with E-state index in [4.69, 9.17) is 35.1 Å². The average molecular weight is 523 g/mol. The van der Waals surface area contributed by atoms with E-state index >= 15 is 0 Å². The zero-order valence-electron chi connectivity index (χ0n) is 20.1. The number of pyridine rings is 1. The largest absolute Gasteiger partial charge is 0.490 e. The highest BCUT2D eigenvalue weighted by molar-refractivity contribution is 7.80. The van der Waals surface area contributed by atoms with Crippen LogP contribution in [0.1, 0.15) is 25.8 Å². The molecule has 0 unspecified atom stereocenters. The Morgan fingerprint density at radius 2 is 1.89 bits per heavy atom. The number of hydrogen-bond donors (Lipinski definition) is 0. The van der Waals surface area contributed by atoms with Gasteiger partial charge in [-0.2, -0.15) is 0 Å². The summed E-state index contributed by atoms with van der Waals surface area (Å²) in [6.07, 6.45) is 3.84. The van der Waals surface area contributed by atoms with Crippen LogP contribution in [0, 0.1) is 19.3 Å². The Morgan fingerprint density at radius 1 is 1.17 bits per heavy atom. The molecule has 1 amide bonds. The minimum absolute atomic E-state index is 0.166. The van der Waals surface area contributed by atoms with E-state index in [2.05, 4.69) is 9.83 Å². The molecule has 9 heteroatoms. The maximum absolute atomic E-state index is 14.6. The topological polar surface area (TPSA) is 50.0 Å². The van der Waals surface area contributed by atoms with E-state index < -0.39 is 11.4 Å². The number of hydrogen-bond acceptors (Lipinski definition) is 4. The molecule has 0 bridgehead atoms. The molecule has 0 spiro atoms. The number of carbonyl (C=O) groups excluding carboxylic acids is 1. The first kappa shape index (κ1) is 25.5. The SMILES string of the molecule is [C-]#[N+]c1ccc(N2C(=O)C(C)(C)N(CCCOc3ccc(-c4ccncc4)cc3F)C2=S)c(C)c1Cl. The fourth-order valence-corrected chi connectivity index (χ4v) is 4.86. The number of halogens is 2. The van der Waals surface area contributed by atoms with Crippen LogP contribution in [0.5, 0.6) is 5.75 Å².